The molecule has 0 fully saturated rings. The SMILES string of the molecule is Cc1cn(-c2ccc(-c3ccnc4c3ccn4Cc3ccc(F)cc3)cc2)cn1. The average Bonchev–Trinajstić information content (AvgIpc) is 3.36. The zero-order chi connectivity index (χ0) is 19.8. The van der Waals surface area contributed by atoms with Crippen LogP contribution in [0.25, 0.3) is 27.8 Å². The average molecular weight is 382 g/mol. The van der Waals surface area contributed by atoms with E-state index in [1.807, 2.05) is 54.6 Å². The van der Waals surface area contributed by atoms with Crippen LogP contribution in [0, 0.1) is 12.7 Å². The van der Waals surface area contributed by atoms with Crippen molar-refractivity contribution < 1.29 is 4.39 Å². The number of aromatic nitrogens is 4. The van der Waals surface area contributed by atoms with Crippen molar-refractivity contribution in [3.63, 3.8) is 0 Å². The Bertz CT molecular complexity index is 1280. The fourth-order valence-electron chi connectivity index (χ4n) is 3.63. The molecule has 0 aliphatic rings. The van der Waals surface area contributed by atoms with Gasteiger partial charge in [-0.15, -0.1) is 0 Å². The second kappa shape index (κ2) is 7.02. The van der Waals surface area contributed by atoms with Crippen LogP contribution in [0.15, 0.2) is 85.6 Å². The van der Waals surface area contributed by atoms with Gasteiger partial charge >= 0.3 is 0 Å². The van der Waals surface area contributed by atoms with Crippen LogP contribution < -0.4 is 0 Å². The van der Waals surface area contributed by atoms with Gasteiger partial charge in [-0.3, -0.25) is 0 Å². The summed E-state index contributed by atoms with van der Waals surface area (Å²) in [6.07, 6.45) is 7.71. The van der Waals surface area contributed by atoms with Gasteiger partial charge in [0.25, 0.3) is 0 Å². The largest absolute Gasteiger partial charge is 0.328 e. The molecular formula is C24H19FN4. The molecular weight excluding hydrogens is 363 g/mol. The minimum Gasteiger partial charge on any atom is -0.328 e. The van der Waals surface area contributed by atoms with Crippen LogP contribution >= 0.6 is 0 Å². The summed E-state index contributed by atoms with van der Waals surface area (Å²) in [5.41, 5.74) is 6.30. The third kappa shape index (κ3) is 3.31. The molecule has 4 nitrogen and oxygen atoms in total. The van der Waals surface area contributed by atoms with E-state index in [9.17, 15) is 4.39 Å². The van der Waals surface area contributed by atoms with Crippen LogP contribution in [-0.4, -0.2) is 19.1 Å². The second-order valence-corrected chi connectivity index (χ2v) is 7.14. The molecule has 0 saturated heterocycles. The predicted octanol–water partition coefficient (Wildman–Crippen LogP) is 5.38. The topological polar surface area (TPSA) is 35.6 Å². The van der Waals surface area contributed by atoms with Gasteiger partial charge < -0.3 is 9.13 Å². The monoisotopic (exact) mass is 382 g/mol. The molecule has 2 aromatic carbocycles. The summed E-state index contributed by atoms with van der Waals surface area (Å²) in [7, 11) is 0. The van der Waals surface area contributed by atoms with Gasteiger partial charge in [0, 0.05) is 36.2 Å². The first-order chi connectivity index (χ1) is 14.2. The van der Waals surface area contributed by atoms with E-state index < -0.39 is 0 Å². The van der Waals surface area contributed by atoms with E-state index in [0.29, 0.717) is 6.54 Å². The van der Waals surface area contributed by atoms with Crippen molar-refractivity contribution in [2.75, 3.05) is 0 Å². The number of imidazole rings is 1. The van der Waals surface area contributed by atoms with Crippen LogP contribution in [0.5, 0.6) is 0 Å². The normalized spacial score (nSPS) is 11.2. The van der Waals surface area contributed by atoms with Gasteiger partial charge in [-0.05, 0) is 60.0 Å². The Morgan fingerprint density at radius 1 is 0.897 bits per heavy atom. The number of rotatable bonds is 4. The highest BCUT2D eigenvalue weighted by atomic mass is 19.1. The molecule has 0 saturated carbocycles. The molecule has 3 heterocycles. The summed E-state index contributed by atoms with van der Waals surface area (Å²) in [4.78, 5) is 8.87. The fourth-order valence-corrected chi connectivity index (χ4v) is 3.63. The van der Waals surface area contributed by atoms with E-state index in [1.54, 1.807) is 0 Å². The first-order valence-electron chi connectivity index (χ1n) is 9.47. The smallest absolute Gasteiger partial charge is 0.140 e. The molecule has 5 heteroatoms. The molecule has 0 atom stereocenters. The minimum absolute atomic E-state index is 0.221. The van der Waals surface area contributed by atoms with Crippen LogP contribution in [-0.2, 0) is 6.54 Å². The third-order valence-electron chi connectivity index (χ3n) is 5.12. The van der Waals surface area contributed by atoms with E-state index in [4.69, 9.17) is 0 Å². The summed E-state index contributed by atoms with van der Waals surface area (Å²) in [5.74, 6) is -0.221. The lowest BCUT2D eigenvalue weighted by Gasteiger charge is -2.08. The van der Waals surface area contributed by atoms with Crippen molar-refractivity contribution in [3.8, 4) is 16.8 Å². The molecule has 0 aliphatic heterocycles. The molecule has 3 aromatic heterocycles. The number of halogens is 1. The maximum absolute atomic E-state index is 13.2. The van der Waals surface area contributed by atoms with Crippen molar-refractivity contribution in [1.82, 2.24) is 19.1 Å². The number of fused-ring (bicyclic) bond motifs is 1. The fraction of sp³-hybridized carbons (Fsp3) is 0.0833. The Morgan fingerprint density at radius 3 is 2.41 bits per heavy atom. The lowest BCUT2D eigenvalue weighted by molar-refractivity contribution is 0.626. The first-order valence-corrected chi connectivity index (χ1v) is 9.47. The standard InChI is InChI=1S/C24H19FN4/c1-17-14-29(16-27-17)21-8-4-19(5-9-21)22-10-12-26-24-23(22)11-13-28(24)15-18-2-6-20(25)7-3-18/h2-14,16H,15H2,1H3. The number of hydrogen-bond donors (Lipinski definition) is 0. The quantitative estimate of drug-likeness (QED) is 0.418. The van der Waals surface area contributed by atoms with E-state index in [1.165, 1.54) is 12.1 Å². The Labute approximate surface area is 167 Å². The summed E-state index contributed by atoms with van der Waals surface area (Å²) in [6.45, 7) is 2.63. The summed E-state index contributed by atoms with van der Waals surface area (Å²) in [5, 5.41) is 1.10. The van der Waals surface area contributed by atoms with Crippen molar-refractivity contribution in [3.05, 3.63) is 103 Å². The molecule has 142 valence electrons. The number of hydrogen-bond acceptors (Lipinski definition) is 2. The van der Waals surface area contributed by atoms with Crippen LogP contribution in [0.1, 0.15) is 11.3 Å². The zero-order valence-electron chi connectivity index (χ0n) is 16.0. The summed E-state index contributed by atoms with van der Waals surface area (Å²) < 4.78 is 17.3. The van der Waals surface area contributed by atoms with Crippen LogP contribution in [0.3, 0.4) is 0 Å². The third-order valence-corrected chi connectivity index (χ3v) is 5.12. The van der Waals surface area contributed by atoms with Crippen LogP contribution in [0.4, 0.5) is 4.39 Å². The molecule has 5 rings (SSSR count). The van der Waals surface area contributed by atoms with E-state index >= 15 is 0 Å². The van der Waals surface area contributed by atoms with Gasteiger partial charge in [-0.25, -0.2) is 14.4 Å². The predicted molar refractivity (Wildman–Crippen MR) is 113 cm³/mol. The lowest BCUT2D eigenvalue weighted by atomic mass is 10.0. The van der Waals surface area contributed by atoms with Crippen molar-refractivity contribution in [2.24, 2.45) is 0 Å². The van der Waals surface area contributed by atoms with E-state index in [-0.39, 0.29) is 5.82 Å². The molecule has 0 radical (unpaired) electrons. The maximum atomic E-state index is 13.2. The Kier molecular flexibility index (Phi) is 4.21. The second-order valence-electron chi connectivity index (χ2n) is 7.14. The number of pyridine rings is 1. The Hall–Kier alpha value is -3.73. The molecule has 5 aromatic rings. The van der Waals surface area contributed by atoms with Crippen molar-refractivity contribution in [1.29, 1.82) is 0 Å². The number of nitrogens with zero attached hydrogens (tertiary/aromatic N) is 4. The molecule has 29 heavy (non-hydrogen) atoms. The van der Waals surface area contributed by atoms with Gasteiger partial charge in [0.05, 0.1) is 12.0 Å². The molecule has 0 unspecified atom stereocenters. The van der Waals surface area contributed by atoms with Gasteiger partial charge in [-0.1, -0.05) is 24.3 Å². The van der Waals surface area contributed by atoms with Gasteiger partial charge in [0.2, 0.25) is 0 Å². The zero-order valence-corrected chi connectivity index (χ0v) is 16.0. The van der Waals surface area contributed by atoms with Crippen molar-refractivity contribution in [2.45, 2.75) is 13.5 Å². The molecule has 0 N–H and O–H groups in total. The lowest BCUT2D eigenvalue weighted by Crippen LogP contribution is -1.99. The van der Waals surface area contributed by atoms with Gasteiger partial charge in [0.1, 0.15) is 11.5 Å². The van der Waals surface area contributed by atoms with Gasteiger partial charge in [0.15, 0.2) is 0 Å². The molecule has 0 aliphatic carbocycles. The minimum atomic E-state index is -0.221. The Balaban J connectivity index is 1.49. The molecule has 0 spiro atoms. The highest BCUT2D eigenvalue weighted by molar-refractivity contribution is 5.93. The summed E-state index contributed by atoms with van der Waals surface area (Å²) in [6, 6.07) is 19.2. The highest BCUT2D eigenvalue weighted by Gasteiger charge is 2.10. The maximum Gasteiger partial charge on any atom is 0.140 e. The first kappa shape index (κ1) is 17.4. The molecule has 0 bridgehead atoms. The number of benzene rings is 2. The Morgan fingerprint density at radius 2 is 1.69 bits per heavy atom. The van der Waals surface area contributed by atoms with Crippen LogP contribution in [0.2, 0.25) is 0 Å². The van der Waals surface area contributed by atoms with E-state index in [0.717, 1.165) is 39.1 Å². The molecule has 0 amide bonds. The highest BCUT2D eigenvalue weighted by Crippen LogP contribution is 2.29. The number of aryl methyl sites for hydroxylation is 1. The van der Waals surface area contributed by atoms with Crippen molar-refractivity contribution >= 4 is 11.0 Å². The van der Waals surface area contributed by atoms with E-state index in [2.05, 4.69) is 44.9 Å². The van der Waals surface area contributed by atoms with Gasteiger partial charge in [-0.2, -0.15) is 0 Å². The summed E-state index contributed by atoms with van der Waals surface area (Å²) >= 11 is 0.